The van der Waals surface area contributed by atoms with E-state index in [0.29, 0.717) is 19.7 Å². The van der Waals surface area contributed by atoms with Gasteiger partial charge in [-0.2, -0.15) is 0 Å². The highest BCUT2D eigenvalue weighted by molar-refractivity contribution is 8.00. The van der Waals surface area contributed by atoms with Crippen molar-refractivity contribution in [2.45, 2.75) is 31.3 Å². The molecule has 0 aromatic heterocycles. The summed E-state index contributed by atoms with van der Waals surface area (Å²) in [6.07, 6.45) is 4.43. The second kappa shape index (κ2) is 5.93. The van der Waals surface area contributed by atoms with E-state index in [4.69, 9.17) is 9.84 Å². The first-order valence-corrected chi connectivity index (χ1v) is 7.48. The Kier molecular flexibility index (Phi) is 4.50. The third-order valence-corrected chi connectivity index (χ3v) is 4.47. The monoisotopic (exact) mass is 273 g/mol. The average Bonchev–Trinajstić information content (AvgIpc) is 2.76. The maximum atomic E-state index is 12.0. The summed E-state index contributed by atoms with van der Waals surface area (Å²) in [6.45, 7) is 1.92. The molecule has 0 bridgehead atoms. The highest BCUT2D eigenvalue weighted by atomic mass is 32.2. The standard InChI is InChI=1S/C12H19NO4S/c14-10(7-18-8-11(15)16)13-5-6-17-12(9-13)3-1-2-4-12/h1-9H2,(H,15,16). The van der Waals surface area contributed by atoms with Crippen LogP contribution in [0.25, 0.3) is 0 Å². The molecule has 2 rings (SSSR count). The fourth-order valence-electron chi connectivity index (χ4n) is 2.70. The molecule has 1 saturated carbocycles. The number of ether oxygens (including phenoxy) is 1. The Bertz CT molecular complexity index is 328. The lowest BCUT2D eigenvalue weighted by Crippen LogP contribution is -2.52. The molecule has 1 aliphatic carbocycles. The molecule has 0 aromatic carbocycles. The van der Waals surface area contributed by atoms with E-state index in [1.54, 1.807) is 0 Å². The molecule has 18 heavy (non-hydrogen) atoms. The van der Waals surface area contributed by atoms with Crippen LogP contribution >= 0.6 is 11.8 Å². The van der Waals surface area contributed by atoms with E-state index in [1.165, 1.54) is 12.8 Å². The van der Waals surface area contributed by atoms with Gasteiger partial charge in [0.05, 0.1) is 23.7 Å². The summed E-state index contributed by atoms with van der Waals surface area (Å²) in [5.41, 5.74) is -0.106. The highest BCUT2D eigenvalue weighted by Crippen LogP contribution is 2.35. The summed E-state index contributed by atoms with van der Waals surface area (Å²) >= 11 is 1.16. The summed E-state index contributed by atoms with van der Waals surface area (Å²) in [6, 6.07) is 0. The van der Waals surface area contributed by atoms with Crippen molar-refractivity contribution in [3.63, 3.8) is 0 Å². The Hall–Kier alpha value is -0.750. The first-order chi connectivity index (χ1) is 8.61. The van der Waals surface area contributed by atoms with Crippen LogP contribution in [0.15, 0.2) is 0 Å². The lowest BCUT2D eigenvalue weighted by Gasteiger charge is -2.40. The maximum absolute atomic E-state index is 12.0. The molecule has 1 spiro atoms. The minimum atomic E-state index is -0.873. The van der Waals surface area contributed by atoms with Crippen molar-refractivity contribution in [1.82, 2.24) is 4.90 Å². The fourth-order valence-corrected chi connectivity index (χ4v) is 3.33. The molecule has 1 aliphatic heterocycles. The van der Waals surface area contributed by atoms with Crippen molar-refractivity contribution < 1.29 is 19.4 Å². The number of hydrogen-bond acceptors (Lipinski definition) is 4. The van der Waals surface area contributed by atoms with E-state index >= 15 is 0 Å². The lowest BCUT2D eigenvalue weighted by atomic mass is 10.00. The molecular weight excluding hydrogens is 254 g/mol. The van der Waals surface area contributed by atoms with E-state index in [0.717, 1.165) is 24.6 Å². The summed E-state index contributed by atoms with van der Waals surface area (Å²) in [7, 11) is 0. The van der Waals surface area contributed by atoms with Crippen LogP contribution in [0.1, 0.15) is 25.7 Å². The number of rotatable bonds is 4. The number of amides is 1. The maximum Gasteiger partial charge on any atom is 0.313 e. The first-order valence-electron chi connectivity index (χ1n) is 6.33. The number of carboxylic acids is 1. The molecule has 102 valence electrons. The van der Waals surface area contributed by atoms with Crippen LogP contribution in [0.4, 0.5) is 0 Å². The first kappa shape index (κ1) is 13.7. The zero-order chi connectivity index (χ0) is 13.0. The van der Waals surface area contributed by atoms with Crippen molar-refractivity contribution in [1.29, 1.82) is 0 Å². The summed E-state index contributed by atoms with van der Waals surface area (Å²) in [4.78, 5) is 24.2. The SMILES string of the molecule is O=C(O)CSCC(=O)N1CCOC2(CCCC2)C1. The van der Waals surface area contributed by atoms with Crippen molar-refractivity contribution in [2.75, 3.05) is 31.2 Å². The quantitative estimate of drug-likeness (QED) is 0.827. The molecule has 0 unspecified atom stereocenters. The van der Waals surface area contributed by atoms with Gasteiger partial charge in [-0.15, -0.1) is 11.8 Å². The Labute approximate surface area is 111 Å². The molecule has 2 fully saturated rings. The van der Waals surface area contributed by atoms with Crippen LogP contribution in [0, 0.1) is 0 Å². The van der Waals surface area contributed by atoms with Crippen LogP contribution < -0.4 is 0 Å². The fraction of sp³-hybridized carbons (Fsp3) is 0.833. The minimum Gasteiger partial charge on any atom is -0.481 e. The third-order valence-electron chi connectivity index (χ3n) is 3.57. The zero-order valence-corrected chi connectivity index (χ0v) is 11.2. The Morgan fingerprint density at radius 2 is 2.00 bits per heavy atom. The molecular formula is C12H19NO4S. The van der Waals surface area contributed by atoms with Crippen molar-refractivity contribution in [3.8, 4) is 0 Å². The minimum absolute atomic E-state index is 0.0127. The molecule has 6 heteroatoms. The van der Waals surface area contributed by atoms with E-state index in [2.05, 4.69) is 0 Å². The summed E-state index contributed by atoms with van der Waals surface area (Å²) in [5.74, 6) is -0.596. The lowest BCUT2D eigenvalue weighted by molar-refractivity contribution is -0.147. The predicted octanol–water partition coefficient (Wildman–Crippen LogP) is 0.976. The summed E-state index contributed by atoms with van der Waals surface area (Å²) < 4.78 is 5.85. The van der Waals surface area contributed by atoms with Gasteiger partial charge in [0.2, 0.25) is 5.91 Å². The highest BCUT2D eigenvalue weighted by Gasteiger charge is 2.40. The van der Waals surface area contributed by atoms with Gasteiger partial charge in [-0.25, -0.2) is 0 Å². The molecule has 1 amide bonds. The van der Waals surface area contributed by atoms with E-state index in [9.17, 15) is 9.59 Å². The van der Waals surface area contributed by atoms with Crippen molar-refractivity contribution in [3.05, 3.63) is 0 Å². The van der Waals surface area contributed by atoms with Gasteiger partial charge in [0.25, 0.3) is 0 Å². The van der Waals surface area contributed by atoms with Gasteiger partial charge in [-0.1, -0.05) is 12.8 Å². The van der Waals surface area contributed by atoms with Crippen LogP contribution in [0.3, 0.4) is 0 Å². The molecule has 1 heterocycles. The Morgan fingerprint density at radius 1 is 1.28 bits per heavy atom. The molecule has 1 N–H and O–H groups in total. The number of carboxylic acid groups (broad SMARTS) is 1. The number of hydrogen-bond donors (Lipinski definition) is 1. The van der Waals surface area contributed by atoms with Crippen LogP contribution in [0.2, 0.25) is 0 Å². The topological polar surface area (TPSA) is 66.8 Å². The average molecular weight is 273 g/mol. The van der Waals surface area contributed by atoms with Gasteiger partial charge in [-0.05, 0) is 12.8 Å². The number of aliphatic carboxylic acids is 1. The smallest absolute Gasteiger partial charge is 0.313 e. The van der Waals surface area contributed by atoms with Crippen LogP contribution in [-0.2, 0) is 14.3 Å². The number of carbonyl (C=O) groups excluding carboxylic acids is 1. The van der Waals surface area contributed by atoms with Gasteiger partial charge >= 0.3 is 5.97 Å². The van der Waals surface area contributed by atoms with Crippen LogP contribution in [-0.4, -0.2) is 58.7 Å². The number of nitrogens with zero attached hydrogens (tertiary/aromatic N) is 1. The summed E-state index contributed by atoms with van der Waals surface area (Å²) in [5, 5.41) is 8.54. The van der Waals surface area contributed by atoms with Crippen molar-refractivity contribution in [2.24, 2.45) is 0 Å². The van der Waals surface area contributed by atoms with Gasteiger partial charge in [0.15, 0.2) is 0 Å². The second-order valence-electron chi connectivity index (χ2n) is 4.94. The van der Waals surface area contributed by atoms with E-state index in [1.807, 2.05) is 4.90 Å². The van der Waals surface area contributed by atoms with Gasteiger partial charge < -0.3 is 14.7 Å². The molecule has 1 saturated heterocycles. The molecule has 5 nitrogen and oxygen atoms in total. The van der Waals surface area contributed by atoms with Crippen LogP contribution in [0.5, 0.6) is 0 Å². The Morgan fingerprint density at radius 3 is 2.67 bits per heavy atom. The third kappa shape index (κ3) is 3.38. The molecule has 0 radical (unpaired) electrons. The Balaban J connectivity index is 1.81. The predicted molar refractivity (Wildman–Crippen MR) is 68.7 cm³/mol. The van der Waals surface area contributed by atoms with Gasteiger partial charge in [-0.3, -0.25) is 9.59 Å². The number of morpholine rings is 1. The number of thioether (sulfide) groups is 1. The number of carbonyl (C=O) groups is 2. The zero-order valence-electron chi connectivity index (χ0n) is 10.4. The molecule has 0 aromatic rings. The van der Waals surface area contributed by atoms with Gasteiger partial charge in [0, 0.05) is 13.1 Å². The molecule has 2 aliphatic rings. The molecule has 0 atom stereocenters. The van der Waals surface area contributed by atoms with Gasteiger partial charge in [0.1, 0.15) is 0 Å². The van der Waals surface area contributed by atoms with E-state index < -0.39 is 5.97 Å². The normalized spacial score (nSPS) is 22.3. The second-order valence-corrected chi connectivity index (χ2v) is 5.93. The largest absolute Gasteiger partial charge is 0.481 e. The van der Waals surface area contributed by atoms with Crippen molar-refractivity contribution >= 4 is 23.6 Å². The van der Waals surface area contributed by atoms with E-state index in [-0.39, 0.29) is 23.0 Å².